The van der Waals surface area contributed by atoms with Crippen LogP contribution >= 0.6 is 0 Å². The summed E-state index contributed by atoms with van der Waals surface area (Å²) in [7, 11) is 0. The molecule has 0 aliphatic carbocycles. The molecule has 1 aliphatic rings. The minimum Gasteiger partial charge on any atom is -0.381 e. The number of amides is 2. The van der Waals surface area contributed by atoms with Gasteiger partial charge in [0.25, 0.3) is 11.8 Å². The van der Waals surface area contributed by atoms with E-state index in [9.17, 15) is 14.7 Å². The Morgan fingerprint density at radius 1 is 1.20 bits per heavy atom. The molecule has 4 N–H and O–H groups in total. The Bertz CT molecular complexity index is 1050. The van der Waals surface area contributed by atoms with Gasteiger partial charge in [-0.15, -0.1) is 0 Å². The fraction of sp³-hybridized carbons (Fsp3) is 0.300. The number of anilines is 2. The summed E-state index contributed by atoms with van der Waals surface area (Å²) >= 11 is 0. The van der Waals surface area contributed by atoms with Crippen molar-refractivity contribution < 1.29 is 19.4 Å². The molecular weight excluding hydrogens is 388 g/mol. The number of aliphatic hydroxyl groups excluding tert-OH is 1. The van der Waals surface area contributed by atoms with E-state index in [0.29, 0.717) is 32.0 Å². The third-order valence-electron chi connectivity index (χ3n) is 4.79. The summed E-state index contributed by atoms with van der Waals surface area (Å²) in [5.41, 5.74) is 2.63. The molecule has 0 spiro atoms. The van der Waals surface area contributed by atoms with Crippen molar-refractivity contribution in [3.63, 3.8) is 0 Å². The smallest absolute Gasteiger partial charge is 0.270 e. The number of hydrogen-bond donors (Lipinski definition) is 4. The molecule has 4 rings (SSSR count). The van der Waals surface area contributed by atoms with E-state index >= 15 is 0 Å². The highest BCUT2D eigenvalue weighted by atomic mass is 16.5. The normalized spacial score (nSPS) is 15.0. The Balaban J connectivity index is 1.35. The number of carbonyl (C=O) groups excluding carboxylic acids is 2. The number of aromatic amines is 1. The van der Waals surface area contributed by atoms with Gasteiger partial charge in [0.2, 0.25) is 0 Å². The van der Waals surface area contributed by atoms with Crippen molar-refractivity contribution in [3.05, 3.63) is 48.4 Å². The highest BCUT2D eigenvalue weighted by molar-refractivity contribution is 5.94. The fourth-order valence-corrected chi connectivity index (χ4v) is 3.18. The van der Waals surface area contributed by atoms with Crippen LogP contribution in [0, 0.1) is 0 Å². The molecule has 30 heavy (non-hydrogen) atoms. The van der Waals surface area contributed by atoms with Crippen molar-refractivity contribution in [1.29, 1.82) is 0 Å². The first-order valence-corrected chi connectivity index (χ1v) is 9.59. The lowest BCUT2D eigenvalue weighted by Gasteiger charge is -2.28. The van der Waals surface area contributed by atoms with Crippen LogP contribution in [0.1, 0.15) is 10.5 Å². The van der Waals surface area contributed by atoms with E-state index in [0.717, 1.165) is 16.6 Å². The highest BCUT2D eigenvalue weighted by Gasteiger charge is 2.24. The lowest BCUT2D eigenvalue weighted by atomic mass is 10.2. The van der Waals surface area contributed by atoms with Crippen LogP contribution in [0.15, 0.2) is 42.7 Å². The molecule has 1 fully saturated rings. The quantitative estimate of drug-likeness (QED) is 0.469. The minimum absolute atomic E-state index is 0.176. The number of aliphatic hydroxyl groups is 1. The zero-order valence-corrected chi connectivity index (χ0v) is 16.2. The molecule has 0 bridgehead atoms. The van der Waals surface area contributed by atoms with E-state index in [2.05, 4.69) is 25.8 Å². The second-order valence-corrected chi connectivity index (χ2v) is 6.89. The van der Waals surface area contributed by atoms with E-state index in [1.807, 2.05) is 18.2 Å². The van der Waals surface area contributed by atoms with E-state index in [4.69, 9.17) is 4.74 Å². The van der Waals surface area contributed by atoms with Gasteiger partial charge in [-0.05, 0) is 30.3 Å². The summed E-state index contributed by atoms with van der Waals surface area (Å²) < 4.78 is 5.19. The summed E-state index contributed by atoms with van der Waals surface area (Å²) in [5.74, 6) is -0.894. The molecule has 156 valence electrons. The number of benzene rings is 1. The van der Waals surface area contributed by atoms with Crippen molar-refractivity contribution in [3.8, 4) is 0 Å². The first-order chi connectivity index (χ1) is 14.6. The number of nitrogens with one attached hydrogen (secondary N) is 3. The molecule has 10 heteroatoms. The van der Waals surface area contributed by atoms with Gasteiger partial charge in [0.1, 0.15) is 11.8 Å². The van der Waals surface area contributed by atoms with Gasteiger partial charge >= 0.3 is 0 Å². The number of aromatic nitrogens is 3. The number of H-pyrrole nitrogens is 1. The SMILES string of the molecule is O=C(NCC(O)C(=O)N1CCOCC1)c1cc(Nc2ccc3[nH]ncc3c2)ccn1. The average Bonchev–Trinajstić information content (AvgIpc) is 3.25. The third kappa shape index (κ3) is 4.56. The first-order valence-electron chi connectivity index (χ1n) is 9.59. The van der Waals surface area contributed by atoms with Gasteiger partial charge in [0.05, 0.1) is 31.5 Å². The Labute approximate surface area is 172 Å². The zero-order valence-electron chi connectivity index (χ0n) is 16.2. The second-order valence-electron chi connectivity index (χ2n) is 6.89. The molecule has 1 aliphatic heterocycles. The van der Waals surface area contributed by atoms with E-state index in [1.165, 1.54) is 11.1 Å². The zero-order chi connectivity index (χ0) is 20.9. The lowest BCUT2D eigenvalue weighted by molar-refractivity contribution is -0.143. The highest BCUT2D eigenvalue weighted by Crippen LogP contribution is 2.21. The van der Waals surface area contributed by atoms with Crippen molar-refractivity contribution in [1.82, 2.24) is 25.4 Å². The van der Waals surface area contributed by atoms with Crippen LogP contribution in [-0.4, -0.2) is 76.0 Å². The molecule has 2 amide bonds. The average molecular weight is 410 g/mol. The number of hydrogen-bond acceptors (Lipinski definition) is 7. The molecule has 1 atom stereocenters. The molecule has 0 saturated carbocycles. The number of fused-ring (bicyclic) bond motifs is 1. The summed E-state index contributed by atoms with van der Waals surface area (Å²) in [5, 5.41) is 23.7. The summed E-state index contributed by atoms with van der Waals surface area (Å²) in [6, 6.07) is 9.09. The summed E-state index contributed by atoms with van der Waals surface area (Å²) in [6.45, 7) is 1.57. The van der Waals surface area contributed by atoms with Gasteiger partial charge in [-0.3, -0.25) is 19.7 Å². The number of morpholine rings is 1. The van der Waals surface area contributed by atoms with E-state index in [1.54, 1.807) is 18.3 Å². The fourth-order valence-electron chi connectivity index (χ4n) is 3.18. The molecule has 2 aromatic heterocycles. The Kier molecular flexibility index (Phi) is 5.87. The van der Waals surface area contributed by atoms with Crippen molar-refractivity contribution in [2.45, 2.75) is 6.10 Å². The lowest BCUT2D eigenvalue weighted by Crippen LogP contribution is -2.49. The van der Waals surface area contributed by atoms with Gasteiger partial charge in [-0.25, -0.2) is 0 Å². The Morgan fingerprint density at radius 2 is 2.00 bits per heavy atom. The van der Waals surface area contributed by atoms with Crippen LogP contribution in [-0.2, 0) is 9.53 Å². The number of ether oxygens (including phenoxy) is 1. The van der Waals surface area contributed by atoms with Crippen LogP contribution in [0.2, 0.25) is 0 Å². The topological polar surface area (TPSA) is 132 Å². The molecule has 3 aromatic rings. The van der Waals surface area contributed by atoms with Crippen LogP contribution < -0.4 is 10.6 Å². The van der Waals surface area contributed by atoms with E-state index in [-0.39, 0.29) is 12.2 Å². The molecule has 10 nitrogen and oxygen atoms in total. The van der Waals surface area contributed by atoms with Crippen molar-refractivity contribution >= 4 is 34.1 Å². The number of pyridine rings is 1. The Hall–Kier alpha value is -3.50. The van der Waals surface area contributed by atoms with E-state index < -0.39 is 17.9 Å². The summed E-state index contributed by atoms with van der Waals surface area (Å²) in [4.78, 5) is 30.2. The van der Waals surface area contributed by atoms with Crippen molar-refractivity contribution in [2.24, 2.45) is 0 Å². The van der Waals surface area contributed by atoms with Crippen LogP contribution in [0.25, 0.3) is 10.9 Å². The molecule has 1 unspecified atom stereocenters. The molecule has 0 radical (unpaired) electrons. The van der Waals surface area contributed by atoms with Gasteiger partial charge in [0.15, 0.2) is 0 Å². The number of nitrogens with zero attached hydrogens (tertiary/aromatic N) is 3. The summed E-state index contributed by atoms with van der Waals surface area (Å²) in [6.07, 6.45) is 1.94. The standard InChI is InChI=1S/C20H22N6O4/c27-18(20(29)26-5-7-30-8-6-26)12-22-19(28)17-10-15(3-4-21-17)24-14-1-2-16-13(9-14)11-23-25-16/h1-4,9-11,18,27H,5-8,12H2,(H,21,24)(H,22,28)(H,23,25). The number of rotatable bonds is 6. The first kappa shape index (κ1) is 19.8. The van der Waals surface area contributed by atoms with Gasteiger partial charge in [-0.1, -0.05) is 0 Å². The van der Waals surface area contributed by atoms with Gasteiger partial charge in [0, 0.05) is 36.0 Å². The largest absolute Gasteiger partial charge is 0.381 e. The predicted octanol–water partition coefficient (Wildman–Crippen LogP) is 0.651. The maximum atomic E-state index is 12.4. The monoisotopic (exact) mass is 410 g/mol. The van der Waals surface area contributed by atoms with Crippen molar-refractivity contribution in [2.75, 3.05) is 38.2 Å². The van der Waals surface area contributed by atoms with Gasteiger partial charge < -0.3 is 25.4 Å². The Morgan fingerprint density at radius 3 is 2.83 bits per heavy atom. The second kappa shape index (κ2) is 8.89. The molecule has 1 saturated heterocycles. The number of carbonyl (C=O) groups is 2. The minimum atomic E-state index is -1.31. The maximum absolute atomic E-state index is 12.4. The molecule has 3 heterocycles. The van der Waals surface area contributed by atoms with Gasteiger partial charge in [-0.2, -0.15) is 5.10 Å². The molecular formula is C20H22N6O4. The van der Waals surface area contributed by atoms with Crippen LogP contribution in [0.3, 0.4) is 0 Å². The van der Waals surface area contributed by atoms with Crippen LogP contribution in [0.5, 0.6) is 0 Å². The maximum Gasteiger partial charge on any atom is 0.270 e. The predicted molar refractivity (Wildman–Crippen MR) is 109 cm³/mol. The third-order valence-corrected chi connectivity index (χ3v) is 4.79. The molecule has 1 aromatic carbocycles. The van der Waals surface area contributed by atoms with Crippen LogP contribution in [0.4, 0.5) is 11.4 Å².